The molecule has 0 saturated carbocycles. The zero-order valence-electron chi connectivity index (χ0n) is 17.2. The molecule has 0 radical (unpaired) electrons. The third kappa shape index (κ3) is 8.05. The molecule has 0 aliphatic rings. The maximum atomic E-state index is 5.79. The molecule has 2 rings (SSSR count). The summed E-state index contributed by atoms with van der Waals surface area (Å²) in [4.78, 5) is 8.55. The SMILES string of the molecule is CN=C(NCc1cccc(OCCOC)c1)NCc1ncc(C(C)(C)C)o1.I. The van der Waals surface area contributed by atoms with Gasteiger partial charge in [-0.05, 0) is 17.7 Å². The molecule has 0 atom stereocenters. The summed E-state index contributed by atoms with van der Waals surface area (Å²) in [5.74, 6) is 3.00. The van der Waals surface area contributed by atoms with Crippen LogP contribution in [-0.2, 0) is 23.2 Å². The molecule has 2 aromatic rings. The number of aromatic nitrogens is 1. The molecule has 156 valence electrons. The summed E-state index contributed by atoms with van der Waals surface area (Å²) in [5, 5.41) is 6.49. The van der Waals surface area contributed by atoms with E-state index in [9.17, 15) is 0 Å². The van der Waals surface area contributed by atoms with Crippen LogP contribution in [0, 0.1) is 0 Å². The number of nitrogens with zero attached hydrogens (tertiary/aromatic N) is 2. The summed E-state index contributed by atoms with van der Waals surface area (Å²) >= 11 is 0. The van der Waals surface area contributed by atoms with Crippen LogP contribution in [0.15, 0.2) is 39.9 Å². The number of ether oxygens (including phenoxy) is 2. The maximum Gasteiger partial charge on any atom is 0.213 e. The molecule has 0 aliphatic heterocycles. The first-order chi connectivity index (χ1) is 12.9. The lowest BCUT2D eigenvalue weighted by atomic mass is 9.94. The molecule has 0 spiro atoms. The highest BCUT2D eigenvalue weighted by Gasteiger charge is 2.19. The van der Waals surface area contributed by atoms with Crippen LogP contribution in [0.2, 0.25) is 0 Å². The standard InChI is InChI=1S/C20H30N4O3.HI/c1-20(2,3)17-13-22-18(27-17)14-24-19(21-4)23-12-15-7-6-8-16(11-15)26-10-9-25-5;/h6-8,11,13H,9-10,12,14H2,1-5H3,(H2,21,23,24);1H. The number of benzene rings is 1. The summed E-state index contributed by atoms with van der Waals surface area (Å²) in [6.45, 7) is 8.48. The molecule has 0 amide bonds. The van der Waals surface area contributed by atoms with Crippen molar-refractivity contribution in [2.45, 2.75) is 39.3 Å². The smallest absolute Gasteiger partial charge is 0.213 e. The van der Waals surface area contributed by atoms with Gasteiger partial charge in [0, 0.05) is 26.1 Å². The van der Waals surface area contributed by atoms with E-state index in [-0.39, 0.29) is 29.4 Å². The number of aliphatic imine (C=N–C) groups is 1. The Kier molecular flexibility index (Phi) is 10.3. The fourth-order valence-electron chi connectivity index (χ4n) is 2.29. The average molecular weight is 502 g/mol. The van der Waals surface area contributed by atoms with E-state index in [1.807, 2.05) is 24.3 Å². The van der Waals surface area contributed by atoms with E-state index in [1.54, 1.807) is 20.4 Å². The molecule has 0 unspecified atom stereocenters. The molecule has 1 aromatic heterocycles. The minimum absolute atomic E-state index is 0. The van der Waals surface area contributed by atoms with E-state index in [0.717, 1.165) is 17.1 Å². The van der Waals surface area contributed by atoms with Gasteiger partial charge >= 0.3 is 0 Å². The van der Waals surface area contributed by atoms with E-state index in [2.05, 4.69) is 41.4 Å². The molecule has 1 aromatic carbocycles. The van der Waals surface area contributed by atoms with Gasteiger partial charge in [0.2, 0.25) is 5.89 Å². The fourth-order valence-corrected chi connectivity index (χ4v) is 2.29. The first-order valence-electron chi connectivity index (χ1n) is 9.02. The van der Waals surface area contributed by atoms with Crippen molar-refractivity contribution in [2.75, 3.05) is 27.4 Å². The van der Waals surface area contributed by atoms with Crippen molar-refractivity contribution in [2.24, 2.45) is 4.99 Å². The van der Waals surface area contributed by atoms with Crippen LogP contribution in [0.1, 0.15) is 38.0 Å². The summed E-state index contributed by atoms with van der Waals surface area (Å²) in [6.07, 6.45) is 1.78. The number of methoxy groups -OCH3 is 1. The highest BCUT2D eigenvalue weighted by molar-refractivity contribution is 14.0. The van der Waals surface area contributed by atoms with Gasteiger partial charge in [-0.15, -0.1) is 24.0 Å². The highest BCUT2D eigenvalue weighted by atomic mass is 127. The molecule has 0 bridgehead atoms. The molecule has 2 N–H and O–H groups in total. The van der Waals surface area contributed by atoms with Crippen LogP contribution >= 0.6 is 24.0 Å². The van der Waals surface area contributed by atoms with E-state index in [4.69, 9.17) is 13.9 Å². The second-order valence-electron chi connectivity index (χ2n) is 7.14. The van der Waals surface area contributed by atoms with Crippen molar-refractivity contribution in [3.8, 4) is 5.75 Å². The van der Waals surface area contributed by atoms with Crippen molar-refractivity contribution in [1.29, 1.82) is 0 Å². The Hall–Kier alpha value is -1.81. The lowest BCUT2D eigenvalue weighted by Crippen LogP contribution is -2.36. The van der Waals surface area contributed by atoms with Crippen molar-refractivity contribution in [3.63, 3.8) is 0 Å². The lowest BCUT2D eigenvalue weighted by Gasteiger charge is -2.13. The predicted molar refractivity (Wildman–Crippen MR) is 121 cm³/mol. The Morgan fingerprint density at radius 3 is 2.57 bits per heavy atom. The monoisotopic (exact) mass is 502 g/mol. The zero-order valence-corrected chi connectivity index (χ0v) is 19.6. The van der Waals surface area contributed by atoms with Gasteiger partial charge in [-0.25, -0.2) is 4.98 Å². The minimum atomic E-state index is -0.0541. The van der Waals surface area contributed by atoms with Gasteiger partial charge in [0.05, 0.1) is 19.3 Å². The zero-order chi connectivity index (χ0) is 19.7. The number of rotatable bonds is 8. The van der Waals surface area contributed by atoms with Gasteiger partial charge in [0.15, 0.2) is 5.96 Å². The molecule has 0 fully saturated rings. The van der Waals surface area contributed by atoms with E-state index in [1.165, 1.54) is 0 Å². The minimum Gasteiger partial charge on any atom is -0.491 e. The molecule has 0 aliphatic carbocycles. The topological polar surface area (TPSA) is 80.9 Å². The van der Waals surface area contributed by atoms with Crippen LogP contribution in [-0.4, -0.2) is 38.3 Å². The van der Waals surface area contributed by atoms with Crippen LogP contribution in [0.25, 0.3) is 0 Å². The van der Waals surface area contributed by atoms with Crippen molar-refractivity contribution in [1.82, 2.24) is 15.6 Å². The summed E-state index contributed by atoms with van der Waals surface area (Å²) in [7, 11) is 3.39. The van der Waals surface area contributed by atoms with Crippen LogP contribution < -0.4 is 15.4 Å². The maximum absolute atomic E-state index is 5.79. The first-order valence-corrected chi connectivity index (χ1v) is 9.02. The highest BCUT2D eigenvalue weighted by Crippen LogP contribution is 2.22. The van der Waals surface area contributed by atoms with Crippen molar-refractivity contribution < 1.29 is 13.9 Å². The largest absolute Gasteiger partial charge is 0.491 e. The predicted octanol–water partition coefficient (Wildman–Crippen LogP) is 3.48. The Morgan fingerprint density at radius 2 is 1.93 bits per heavy atom. The third-order valence-electron chi connectivity index (χ3n) is 3.84. The Morgan fingerprint density at radius 1 is 1.18 bits per heavy atom. The number of guanidine groups is 1. The van der Waals surface area contributed by atoms with E-state index < -0.39 is 0 Å². The molecular formula is C20H31IN4O3. The normalized spacial score (nSPS) is 11.7. The van der Waals surface area contributed by atoms with E-state index in [0.29, 0.717) is 38.2 Å². The van der Waals surface area contributed by atoms with Gasteiger partial charge < -0.3 is 24.5 Å². The fraction of sp³-hybridized carbons (Fsp3) is 0.500. The quantitative estimate of drug-likeness (QED) is 0.249. The average Bonchev–Trinajstić information content (AvgIpc) is 3.12. The Labute approximate surface area is 184 Å². The molecule has 8 heteroatoms. The molecule has 7 nitrogen and oxygen atoms in total. The van der Waals surface area contributed by atoms with E-state index >= 15 is 0 Å². The number of halogens is 1. The van der Waals surface area contributed by atoms with Crippen molar-refractivity contribution in [3.05, 3.63) is 47.7 Å². The number of nitrogens with one attached hydrogen (secondary N) is 2. The summed E-state index contributed by atoms with van der Waals surface area (Å²) in [6, 6.07) is 7.94. The first kappa shape index (κ1) is 24.2. The molecular weight excluding hydrogens is 471 g/mol. The van der Waals surface area contributed by atoms with Gasteiger partial charge in [-0.2, -0.15) is 0 Å². The second kappa shape index (κ2) is 11.9. The lowest BCUT2D eigenvalue weighted by molar-refractivity contribution is 0.146. The van der Waals surface area contributed by atoms with Crippen LogP contribution in [0.5, 0.6) is 5.75 Å². The summed E-state index contributed by atoms with van der Waals surface area (Å²) < 4.78 is 16.4. The van der Waals surface area contributed by atoms with Gasteiger partial charge in [0.1, 0.15) is 18.1 Å². The Bertz CT molecular complexity index is 741. The third-order valence-corrected chi connectivity index (χ3v) is 3.84. The van der Waals surface area contributed by atoms with Crippen LogP contribution in [0.3, 0.4) is 0 Å². The van der Waals surface area contributed by atoms with Gasteiger partial charge in [-0.3, -0.25) is 4.99 Å². The van der Waals surface area contributed by atoms with Gasteiger partial charge in [-0.1, -0.05) is 32.9 Å². The summed E-state index contributed by atoms with van der Waals surface area (Å²) in [5.41, 5.74) is 1.04. The second-order valence-corrected chi connectivity index (χ2v) is 7.14. The number of hydrogen-bond donors (Lipinski definition) is 2. The van der Waals surface area contributed by atoms with Gasteiger partial charge in [0.25, 0.3) is 0 Å². The molecule has 1 heterocycles. The molecule has 28 heavy (non-hydrogen) atoms. The Balaban J connectivity index is 0.00000392. The number of hydrogen-bond acceptors (Lipinski definition) is 5. The number of oxazole rings is 1. The molecule has 0 saturated heterocycles. The van der Waals surface area contributed by atoms with Crippen LogP contribution in [0.4, 0.5) is 0 Å². The van der Waals surface area contributed by atoms with Crippen molar-refractivity contribution >= 4 is 29.9 Å².